The highest BCUT2D eigenvalue weighted by molar-refractivity contribution is 9.10. The maximum atomic E-state index is 4.42. The number of aromatic nitrogens is 3. The molecule has 1 N–H and O–H groups in total. The number of fused-ring (bicyclic) bond motifs is 1. The third-order valence-electron chi connectivity index (χ3n) is 1.84. The third-order valence-corrected chi connectivity index (χ3v) is 2.27. The number of hydrogen-bond acceptors (Lipinski definition) is 2. The monoisotopic (exact) mass is 239 g/mol. The quantitative estimate of drug-likeness (QED) is 0.876. The molecule has 4 heteroatoms. The fourth-order valence-corrected chi connectivity index (χ4v) is 1.59. The fourth-order valence-electron chi connectivity index (χ4n) is 1.28. The molecule has 0 aromatic carbocycles. The van der Waals surface area contributed by atoms with Crippen molar-refractivity contribution in [3.63, 3.8) is 0 Å². The number of halogens is 1. The standard InChI is InChI=1S/C9H10BrN3/c1-2-3-8-12-7-4-6(10)5-11-9(7)13-8/h4-5H,2-3H2,1H3,(H,11,12,13). The molecule has 0 atom stereocenters. The van der Waals surface area contributed by atoms with Crippen LogP contribution in [0.25, 0.3) is 11.2 Å². The lowest BCUT2D eigenvalue weighted by molar-refractivity contribution is 0.860. The van der Waals surface area contributed by atoms with Gasteiger partial charge >= 0.3 is 0 Å². The maximum absolute atomic E-state index is 4.42. The van der Waals surface area contributed by atoms with Crippen LogP contribution in [0.15, 0.2) is 16.7 Å². The molecule has 0 aliphatic rings. The molecule has 0 aliphatic heterocycles. The van der Waals surface area contributed by atoms with E-state index in [4.69, 9.17) is 0 Å². The lowest BCUT2D eigenvalue weighted by Crippen LogP contribution is -1.84. The SMILES string of the molecule is CCCc1nc2cc(Br)cnc2[nH]1. The fraction of sp³-hybridized carbons (Fsp3) is 0.333. The van der Waals surface area contributed by atoms with Gasteiger partial charge in [-0.15, -0.1) is 0 Å². The molecule has 0 unspecified atom stereocenters. The Bertz CT molecular complexity index is 422. The molecular formula is C9H10BrN3. The average Bonchev–Trinajstić information content (AvgIpc) is 2.46. The van der Waals surface area contributed by atoms with Crippen LogP contribution in [0.4, 0.5) is 0 Å². The first kappa shape index (κ1) is 8.69. The van der Waals surface area contributed by atoms with E-state index in [2.05, 4.69) is 37.8 Å². The van der Waals surface area contributed by atoms with Gasteiger partial charge in [-0.05, 0) is 28.4 Å². The van der Waals surface area contributed by atoms with Crippen LogP contribution in [0, 0.1) is 0 Å². The Morgan fingerprint density at radius 2 is 2.38 bits per heavy atom. The van der Waals surface area contributed by atoms with E-state index >= 15 is 0 Å². The minimum Gasteiger partial charge on any atom is -0.327 e. The molecular weight excluding hydrogens is 230 g/mol. The minimum atomic E-state index is 0.867. The van der Waals surface area contributed by atoms with E-state index < -0.39 is 0 Å². The summed E-state index contributed by atoms with van der Waals surface area (Å²) in [5.41, 5.74) is 1.80. The molecule has 2 rings (SSSR count). The second-order valence-corrected chi connectivity index (χ2v) is 3.87. The van der Waals surface area contributed by atoms with E-state index in [-0.39, 0.29) is 0 Å². The van der Waals surface area contributed by atoms with E-state index in [1.54, 1.807) is 6.20 Å². The Morgan fingerprint density at radius 1 is 1.54 bits per heavy atom. The first-order valence-corrected chi connectivity index (χ1v) is 5.09. The zero-order chi connectivity index (χ0) is 9.26. The predicted molar refractivity (Wildman–Crippen MR) is 55.6 cm³/mol. The molecule has 2 heterocycles. The molecule has 0 bridgehead atoms. The molecule has 0 fully saturated rings. The van der Waals surface area contributed by atoms with Crippen LogP contribution in [-0.2, 0) is 6.42 Å². The number of aryl methyl sites for hydroxylation is 1. The van der Waals surface area contributed by atoms with Crippen LogP contribution >= 0.6 is 15.9 Å². The van der Waals surface area contributed by atoms with Gasteiger partial charge in [-0.25, -0.2) is 9.97 Å². The number of rotatable bonds is 2. The van der Waals surface area contributed by atoms with Crippen LogP contribution < -0.4 is 0 Å². The first-order valence-electron chi connectivity index (χ1n) is 4.29. The molecule has 0 amide bonds. The van der Waals surface area contributed by atoms with Gasteiger partial charge in [0, 0.05) is 17.1 Å². The Hall–Kier alpha value is -0.900. The lowest BCUT2D eigenvalue weighted by atomic mass is 10.3. The highest BCUT2D eigenvalue weighted by Crippen LogP contribution is 2.15. The van der Waals surface area contributed by atoms with Crippen LogP contribution in [0.5, 0.6) is 0 Å². The van der Waals surface area contributed by atoms with Crippen molar-refractivity contribution in [2.45, 2.75) is 19.8 Å². The van der Waals surface area contributed by atoms with Crippen molar-refractivity contribution in [2.24, 2.45) is 0 Å². The number of H-pyrrole nitrogens is 1. The summed E-state index contributed by atoms with van der Waals surface area (Å²) >= 11 is 3.36. The number of aromatic amines is 1. The molecule has 13 heavy (non-hydrogen) atoms. The average molecular weight is 240 g/mol. The third kappa shape index (κ3) is 1.72. The Labute approximate surface area is 84.7 Å². The molecule has 68 valence electrons. The lowest BCUT2D eigenvalue weighted by Gasteiger charge is -1.86. The summed E-state index contributed by atoms with van der Waals surface area (Å²) in [4.78, 5) is 11.8. The maximum Gasteiger partial charge on any atom is 0.157 e. The van der Waals surface area contributed by atoms with E-state index in [0.29, 0.717) is 0 Å². The molecule has 0 spiro atoms. The Kier molecular flexibility index (Phi) is 2.31. The van der Waals surface area contributed by atoms with E-state index in [1.807, 2.05) is 6.07 Å². The summed E-state index contributed by atoms with van der Waals surface area (Å²) in [5, 5.41) is 0. The molecule has 0 saturated carbocycles. The number of imidazole rings is 1. The second kappa shape index (κ2) is 3.46. The number of nitrogens with zero attached hydrogens (tertiary/aromatic N) is 2. The van der Waals surface area contributed by atoms with Crippen molar-refractivity contribution in [3.8, 4) is 0 Å². The zero-order valence-corrected chi connectivity index (χ0v) is 8.93. The highest BCUT2D eigenvalue weighted by atomic mass is 79.9. The van der Waals surface area contributed by atoms with Gasteiger partial charge in [0.2, 0.25) is 0 Å². The summed E-state index contributed by atoms with van der Waals surface area (Å²) in [5.74, 6) is 1.02. The predicted octanol–water partition coefficient (Wildman–Crippen LogP) is 2.67. The van der Waals surface area contributed by atoms with Gasteiger partial charge in [0.25, 0.3) is 0 Å². The van der Waals surface area contributed by atoms with Gasteiger partial charge in [0.1, 0.15) is 11.3 Å². The number of nitrogens with one attached hydrogen (secondary N) is 1. The number of hydrogen-bond donors (Lipinski definition) is 1. The first-order chi connectivity index (χ1) is 6.29. The van der Waals surface area contributed by atoms with Gasteiger partial charge in [0.15, 0.2) is 5.65 Å². The largest absolute Gasteiger partial charge is 0.327 e. The van der Waals surface area contributed by atoms with Crippen LogP contribution in [0.2, 0.25) is 0 Å². The Morgan fingerprint density at radius 3 is 3.15 bits per heavy atom. The molecule has 0 saturated heterocycles. The van der Waals surface area contributed by atoms with Crippen LogP contribution in [0.3, 0.4) is 0 Å². The van der Waals surface area contributed by atoms with Crippen molar-refractivity contribution in [1.29, 1.82) is 0 Å². The van der Waals surface area contributed by atoms with E-state index in [0.717, 1.165) is 34.3 Å². The number of pyridine rings is 1. The van der Waals surface area contributed by atoms with Gasteiger partial charge in [0.05, 0.1) is 0 Å². The van der Waals surface area contributed by atoms with E-state index in [1.165, 1.54) is 0 Å². The summed E-state index contributed by atoms with van der Waals surface area (Å²) < 4.78 is 0.967. The smallest absolute Gasteiger partial charge is 0.157 e. The zero-order valence-electron chi connectivity index (χ0n) is 7.34. The summed E-state index contributed by atoms with van der Waals surface area (Å²) in [6.07, 6.45) is 3.85. The molecule has 0 aliphatic carbocycles. The summed E-state index contributed by atoms with van der Waals surface area (Å²) in [6, 6.07) is 1.97. The van der Waals surface area contributed by atoms with Crippen molar-refractivity contribution < 1.29 is 0 Å². The van der Waals surface area contributed by atoms with Crippen molar-refractivity contribution in [3.05, 3.63) is 22.6 Å². The molecule has 2 aromatic rings. The van der Waals surface area contributed by atoms with Gasteiger partial charge in [-0.3, -0.25) is 0 Å². The molecule has 0 radical (unpaired) electrons. The van der Waals surface area contributed by atoms with E-state index in [9.17, 15) is 0 Å². The topological polar surface area (TPSA) is 41.6 Å². The van der Waals surface area contributed by atoms with Crippen molar-refractivity contribution in [1.82, 2.24) is 15.0 Å². The second-order valence-electron chi connectivity index (χ2n) is 2.95. The van der Waals surface area contributed by atoms with Crippen LogP contribution in [-0.4, -0.2) is 15.0 Å². The van der Waals surface area contributed by atoms with Crippen LogP contribution in [0.1, 0.15) is 19.2 Å². The summed E-state index contributed by atoms with van der Waals surface area (Å²) in [7, 11) is 0. The Balaban J connectivity index is 2.49. The van der Waals surface area contributed by atoms with Crippen molar-refractivity contribution in [2.75, 3.05) is 0 Å². The minimum absolute atomic E-state index is 0.867. The van der Waals surface area contributed by atoms with Gasteiger partial charge < -0.3 is 4.98 Å². The highest BCUT2D eigenvalue weighted by Gasteiger charge is 2.02. The van der Waals surface area contributed by atoms with Gasteiger partial charge in [-0.2, -0.15) is 0 Å². The normalized spacial score (nSPS) is 10.9. The molecule has 2 aromatic heterocycles. The summed E-state index contributed by atoms with van der Waals surface area (Å²) in [6.45, 7) is 2.14. The molecule has 3 nitrogen and oxygen atoms in total. The van der Waals surface area contributed by atoms with Crippen molar-refractivity contribution >= 4 is 27.1 Å². The van der Waals surface area contributed by atoms with Gasteiger partial charge in [-0.1, -0.05) is 6.92 Å².